The summed E-state index contributed by atoms with van der Waals surface area (Å²) in [6.07, 6.45) is 2.15. The first kappa shape index (κ1) is 18.7. The van der Waals surface area contributed by atoms with Gasteiger partial charge in [0.05, 0.1) is 19.3 Å². The van der Waals surface area contributed by atoms with E-state index in [4.69, 9.17) is 4.74 Å². The molecule has 0 spiro atoms. The van der Waals surface area contributed by atoms with E-state index in [-0.39, 0.29) is 24.9 Å². The Balaban J connectivity index is 1.27. The van der Waals surface area contributed by atoms with Gasteiger partial charge in [0.2, 0.25) is 0 Å². The van der Waals surface area contributed by atoms with E-state index in [1.165, 1.54) is 5.56 Å². The van der Waals surface area contributed by atoms with Gasteiger partial charge >= 0.3 is 0 Å². The molecule has 2 amide bonds. The number of ether oxygens (including phenoxy) is 1. The quantitative estimate of drug-likeness (QED) is 0.712. The third kappa shape index (κ3) is 3.93. The van der Waals surface area contributed by atoms with Crippen molar-refractivity contribution in [2.24, 2.45) is 0 Å². The van der Waals surface area contributed by atoms with Crippen molar-refractivity contribution >= 4 is 11.8 Å². The van der Waals surface area contributed by atoms with Crippen molar-refractivity contribution in [2.45, 2.75) is 38.6 Å². The van der Waals surface area contributed by atoms with Crippen molar-refractivity contribution in [2.75, 3.05) is 13.1 Å². The Kier molecular flexibility index (Phi) is 5.41. The molecule has 28 heavy (non-hydrogen) atoms. The van der Waals surface area contributed by atoms with E-state index in [2.05, 4.69) is 16.7 Å². The van der Waals surface area contributed by atoms with Crippen LogP contribution in [0.15, 0.2) is 36.4 Å². The smallest absolute Gasteiger partial charge is 0.251 e. The third-order valence-corrected chi connectivity index (χ3v) is 5.37. The molecule has 6 nitrogen and oxygen atoms in total. The summed E-state index contributed by atoms with van der Waals surface area (Å²) < 4.78 is 5.35. The molecule has 0 radical (unpaired) electrons. The number of carbonyl (C=O) groups is 2. The number of rotatable bonds is 6. The predicted molar refractivity (Wildman–Crippen MR) is 104 cm³/mol. The number of aryl methyl sites for hydroxylation is 1. The predicted octanol–water partition coefficient (Wildman–Crippen LogP) is 1.73. The van der Waals surface area contributed by atoms with Gasteiger partial charge in [-0.15, -0.1) is 0 Å². The second-order valence-electron chi connectivity index (χ2n) is 7.35. The first-order valence-corrected chi connectivity index (χ1v) is 9.66. The van der Waals surface area contributed by atoms with Crippen LogP contribution in [-0.4, -0.2) is 36.1 Å². The van der Waals surface area contributed by atoms with Crippen LogP contribution >= 0.6 is 0 Å². The Hall–Kier alpha value is -2.70. The van der Waals surface area contributed by atoms with Crippen molar-refractivity contribution in [3.05, 3.63) is 69.8 Å². The fourth-order valence-electron chi connectivity index (χ4n) is 3.84. The van der Waals surface area contributed by atoms with E-state index in [9.17, 15) is 14.7 Å². The van der Waals surface area contributed by atoms with E-state index in [0.717, 1.165) is 36.0 Å². The highest BCUT2D eigenvalue weighted by molar-refractivity contribution is 5.96. The van der Waals surface area contributed by atoms with Crippen LogP contribution in [0, 0.1) is 0 Å². The Morgan fingerprint density at radius 2 is 1.75 bits per heavy atom. The zero-order valence-electron chi connectivity index (χ0n) is 15.7. The van der Waals surface area contributed by atoms with E-state index in [1.807, 2.05) is 24.3 Å². The van der Waals surface area contributed by atoms with E-state index in [1.54, 1.807) is 6.07 Å². The van der Waals surface area contributed by atoms with Gasteiger partial charge in [0.1, 0.15) is 0 Å². The first-order chi connectivity index (χ1) is 13.6. The van der Waals surface area contributed by atoms with Crippen LogP contribution in [-0.2, 0) is 30.8 Å². The highest BCUT2D eigenvalue weighted by Crippen LogP contribution is 2.25. The number of fused-ring (bicyclic) bond motifs is 2. The highest BCUT2D eigenvalue weighted by atomic mass is 16.5. The average molecular weight is 380 g/mol. The second kappa shape index (κ2) is 8.12. The van der Waals surface area contributed by atoms with Gasteiger partial charge in [-0.25, -0.2) is 0 Å². The minimum Gasteiger partial charge on any atom is -0.389 e. The fourth-order valence-corrected chi connectivity index (χ4v) is 3.84. The largest absolute Gasteiger partial charge is 0.389 e. The average Bonchev–Trinajstić information content (AvgIpc) is 3.38. The molecule has 0 saturated carbocycles. The monoisotopic (exact) mass is 380 g/mol. The topological polar surface area (TPSA) is 87.7 Å². The molecule has 2 aromatic carbocycles. The first-order valence-electron chi connectivity index (χ1n) is 9.66. The van der Waals surface area contributed by atoms with Crippen molar-refractivity contribution in [1.29, 1.82) is 0 Å². The number of benzene rings is 2. The molecular weight excluding hydrogens is 356 g/mol. The molecule has 0 saturated heterocycles. The lowest BCUT2D eigenvalue weighted by molar-refractivity contribution is 0.0884. The molecule has 1 aliphatic heterocycles. The van der Waals surface area contributed by atoms with Crippen LogP contribution in [0.2, 0.25) is 0 Å². The minimum atomic E-state index is -0.859. The summed E-state index contributed by atoms with van der Waals surface area (Å²) in [7, 11) is 0. The normalized spacial score (nSPS) is 15.6. The van der Waals surface area contributed by atoms with Crippen molar-refractivity contribution in [3.8, 4) is 0 Å². The van der Waals surface area contributed by atoms with Crippen molar-refractivity contribution in [1.82, 2.24) is 10.6 Å². The number of hydrogen-bond donors (Lipinski definition) is 3. The molecule has 4 rings (SSSR count). The standard InChI is InChI=1S/C22H24N2O4/c25-18(10-23-21(26)15-7-8-16-12-28-13-17(16)9-15)11-24-22(27)20-6-2-4-14-3-1-5-19(14)20/h2,4,6-9,18,25H,1,3,5,10-13H2,(H,23,26)(H,24,27)/t18-/m1/s1. The fraction of sp³-hybridized carbons (Fsp3) is 0.364. The molecule has 0 bridgehead atoms. The SMILES string of the molecule is O=C(NC[C@@H](O)CNC(=O)c1cccc2c1CCC2)c1ccc2c(c1)COC2. The van der Waals surface area contributed by atoms with E-state index >= 15 is 0 Å². The van der Waals surface area contributed by atoms with Gasteiger partial charge in [-0.05, 0) is 59.7 Å². The van der Waals surface area contributed by atoms with Crippen LogP contribution in [0.25, 0.3) is 0 Å². The molecule has 1 heterocycles. The molecule has 6 heteroatoms. The minimum absolute atomic E-state index is 0.0690. The molecule has 1 atom stereocenters. The number of amides is 2. The molecule has 0 fully saturated rings. The van der Waals surface area contributed by atoms with Gasteiger partial charge in [-0.2, -0.15) is 0 Å². The van der Waals surface area contributed by atoms with E-state index < -0.39 is 6.10 Å². The maximum atomic E-state index is 12.5. The van der Waals surface area contributed by atoms with Gasteiger partial charge in [-0.1, -0.05) is 18.2 Å². The number of carbonyl (C=O) groups excluding carboxylic acids is 2. The van der Waals surface area contributed by atoms with Crippen molar-refractivity contribution < 1.29 is 19.4 Å². The van der Waals surface area contributed by atoms with Crippen molar-refractivity contribution in [3.63, 3.8) is 0 Å². The van der Waals surface area contributed by atoms with Crippen LogP contribution in [0.4, 0.5) is 0 Å². The summed E-state index contributed by atoms with van der Waals surface area (Å²) in [5.74, 6) is -0.427. The van der Waals surface area contributed by atoms with Gasteiger partial charge in [0, 0.05) is 24.2 Å². The third-order valence-electron chi connectivity index (χ3n) is 5.37. The molecule has 0 unspecified atom stereocenters. The number of aliphatic hydroxyl groups is 1. The Bertz CT molecular complexity index is 909. The van der Waals surface area contributed by atoms with Gasteiger partial charge < -0.3 is 20.5 Å². The summed E-state index contributed by atoms with van der Waals surface area (Å²) in [6.45, 7) is 1.26. The summed E-state index contributed by atoms with van der Waals surface area (Å²) in [6, 6.07) is 11.3. The number of aliphatic hydroxyl groups excluding tert-OH is 1. The Morgan fingerprint density at radius 3 is 2.61 bits per heavy atom. The summed E-state index contributed by atoms with van der Waals surface area (Å²) in [5, 5.41) is 15.6. The molecular formula is C22H24N2O4. The Morgan fingerprint density at radius 1 is 0.964 bits per heavy atom. The van der Waals surface area contributed by atoms with E-state index in [0.29, 0.717) is 24.3 Å². The lowest BCUT2D eigenvalue weighted by Gasteiger charge is -2.14. The lowest BCUT2D eigenvalue weighted by Crippen LogP contribution is -2.40. The molecule has 1 aliphatic carbocycles. The summed E-state index contributed by atoms with van der Waals surface area (Å²) in [4.78, 5) is 24.7. The summed E-state index contributed by atoms with van der Waals surface area (Å²) in [5.41, 5.74) is 5.71. The lowest BCUT2D eigenvalue weighted by atomic mass is 10.0. The van der Waals surface area contributed by atoms with Gasteiger partial charge in [0.15, 0.2) is 0 Å². The zero-order chi connectivity index (χ0) is 19.5. The zero-order valence-corrected chi connectivity index (χ0v) is 15.7. The summed E-state index contributed by atoms with van der Waals surface area (Å²) >= 11 is 0. The molecule has 3 N–H and O–H groups in total. The molecule has 2 aromatic rings. The Labute approximate surface area is 163 Å². The van der Waals surface area contributed by atoms with Gasteiger partial charge in [-0.3, -0.25) is 9.59 Å². The highest BCUT2D eigenvalue weighted by Gasteiger charge is 2.19. The molecule has 2 aliphatic rings. The van der Waals surface area contributed by atoms with Crippen LogP contribution < -0.4 is 10.6 Å². The van der Waals surface area contributed by atoms with Gasteiger partial charge in [0.25, 0.3) is 11.8 Å². The number of hydrogen-bond acceptors (Lipinski definition) is 4. The van der Waals surface area contributed by atoms with Crippen LogP contribution in [0.5, 0.6) is 0 Å². The molecule has 146 valence electrons. The number of nitrogens with one attached hydrogen (secondary N) is 2. The molecule has 0 aromatic heterocycles. The van der Waals surface area contributed by atoms with Crippen LogP contribution in [0.1, 0.15) is 49.4 Å². The second-order valence-corrected chi connectivity index (χ2v) is 7.35. The van der Waals surface area contributed by atoms with Crippen LogP contribution in [0.3, 0.4) is 0 Å². The maximum Gasteiger partial charge on any atom is 0.251 e. The maximum absolute atomic E-state index is 12.5.